The smallest absolute Gasteiger partial charge is 0.253 e. The number of hydrogen-bond donors (Lipinski definition) is 0. The topological polar surface area (TPSA) is 20.3 Å². The lowest BCUT2D eigenvalue weighted by molar-refractivity contribution is 0.0795. The van der Waals surface area contributed by atoms with Crippen LogP contribution in [0.25, 0.3) is 0 Å². The molecule has 0 bridgehead atoms. The van der Waals surface area contributed by atoms with E-state index >= 15 is 0 Å². The lowest BCUT2D eigenvalue weighted by Crippen LogP contribution is -2.27. The van der Waals surface area contributed by atoms with Crippen LogP contribution in [0.1, 0.15) is 16.8 Å². The van der Waals surface area contributed by atoms with E-state index in [4.69, 9.17) is 0 Å². The van der Waals surface area contributed by atoms with E-state index < -0.39 is 0 Å². The Morgan fingerprint density at radius 2 is 2.27 bits per heavy atom. The second kappa shape index (κ2) is 5.85. The highest BCUT2D eigenvalue weighted by Crippen LogP contribution is 2.07. The van der Waals surface area contributed by atoms with Crippen molar-refractivity contribution in [2.24, 2.45) is 0 Å². The molecule has 4 heteroatoms. The van der Waals surface area contributed by atoms with Crippen molar-refractivity contribution in [1.82, 2.24) is 4.90 Å². The van der Waals surface area contributed by atoms with Crippen LogP contribution in [-0.4, -0.2) is 29.7 Å². The standard InChI is InChI=1S/C11H13BrFNO/c1-14(7-3-6-12)11(15)9-4-2-5-10(13)8-9/h2,4-5,8H,3,6-7H2,1H3. The second-order valence-corrected chi connectivity index (χ2v) is 4.07. The maximum atomic E-state index is 12.9. The number of carbonyl (C=O) groups is 1. The molecule has 0 spiro atoms. The predicted octanol–water partition coefficient (Wildman–Crippen LogP) is 2.68. The van der Waals surface area contributed by atoms with Gasteiger partial charge in [-0.2, -0.15) is 0 Å². The molecular weight excluding hydrogens is 261 g/mol. The van der Waals surface area contributed by atoms with Gasteiger partial charge < -0.3 is 4.90 Å². The minimum atomic E-state index is -0.380. The van der Waals surface area contributed by atoms with Crippen molar-refractivity contribution in [3.05, 3.63) is 35.6 Å². The Bertz CT molecular complexity index is 343. The normalized spacial score (nSPS) is 10.1. The van der Waals surface area contributed by atoms with E-state index in [9.17, 15) is 9.18 Å². The van der Waals surface area contributed by atoms with Crippen LogP contribution >= 0.6 is 15.9 Å². The molecule has 0 N–H and O–H groups in total. The first-order chi connectivity index (χ1) is 7.15. The molecule has 0 saturated heterocycles. The molecule has 1 aromatic carbocycles. The van der Waals surface area contributed by atoms with Gasteiger partial charge in [-0.25, -0.2) is 4.39 Å². The molecule has 82 valence electrons. The fraction of sp³-hybridized carbons (Fsp3) is 0.364. The number of alkyl halides is 1. The van der Waals surface area contributed by atoms with Crippen molar-refractivity contribution in [3.63, 3.8) is 0 Å². The van der Waals surface area contributed by atoms with Crippen molar-refractivity contribution in [1.29, 1.82) is 0 Å². The van der Waals surface area contributed by atoms with Gasteiger partial charge in [-0.1, -0.05) is 22.0 Å². The number of benzene rings is 1. The van der Waals surface area contributed by atoms with Crippen LogP contribution in [0.5, 0.6) is 0 Å². The molecule has 0 saturated carbocycles. The summed E-state index contributed by atoms with van der Waals surface area (Å²) >= 11 is 3.30. The summed E-state index contributed by atoms with van der Waals surface area (Å²) in [6, 6.07) is 5.75. The minimum absolute atomic E-state index is 0.143. The van der Waals surface area contributed by atoms with Crippen LogP contribution in [0, 0.1) is 5.82 Å². The third-order valence-electron chi connectivity index (χ3n) is 2.05. The fourth-order valence-electron chi connectivity index (χ4n) is 1.24. The van der Waals surface area contributed by atoms with Gasteiger partial charge in [0, 0.05) is 24.5 Å². The summed E-state index contributed by atoms with van der Waals surface area (Å²) in [5, 5.41) is 0.855. The number of rotatable bonds is 4. The average Bonchev–Trinajstić information content (AvgIpc) is 2.24. The molecule has 0 radical (unpaired) electrons. The highest BCUT2D eigenvalue weighted by molar-refractivity contribution is 9.09. The van der Waals surface area contributed by atoms with Crippen LogP contribution < -0.4 is 0 Å². The summed E-state index contributed by atoms with van der Waals surface area (Å²) in [6.45, 7) is 0.667. The lowest BCUT2D eigenvalue weighted by atomic mass is 10.2. The van der Waals surface area contributed by atoms with E-state index in [1.54, 1.807) is 24.1 Å². The van der Waals surface area contributed by atoms with E-state index in [1.165, 1.54) is 12.1 Å². The van der Waals surface area contributed by atoms with Gasteiger partial charge in [-0.15, -0.1) is 0 Å². The summed E-state index contributed by atoms with van der Waals surface area (Å²) in [5.74, 6) is -0.523. The van der Waals surface area contributed by atoms with Crippen LogP contribution in [-0.2, 0) is 0 Å². The Labute approximate surface area is 97.2 Å². The van der Waals surface area contributed by atoms with Gasteiger partial charge in [0.25, 0.3) is 5.91 Å². The quantitative estimate of drug-likeness (QED) is 0.773. The van der Waals surface area contributed by atoms with E-state index in [0.717, 1.165) is 11.8 Å². The molecule has 1 rings (SSSR count). The molecule has 15 heavy (non-hydrogen) atoms. The largest absolute Gasteiger partial charge is 0.342 e. The van der Waals surface area contributed by atoms with E-state index in [1.807, 2.05) is 0 Å². The van der Waals surface area contributed by atoms with Gasteiger partial charge in [0.1, 0.15) is 5.82 Å². The summed E-state index contributed by atoms with van der Waals surface area (Å²) in [7, 11) is 1.72. The minimum Gasteiger partial charge on any atom is -0.342 e. The van der Waals surface area contributed by atoms with Crippen molar-refractivity contribution in [3.8, 4) is 0 Å². The summed E-state index contributed by atoms with van der Waals surface area (Å²) in [4.78, 5) is 13.3. The van der Waals surface area contributed by atoms with E-state index in [2.05, 4.69) is 15.9 Å². The number of nitrogens with zero attached hydrogens (tertiary/aromatic N) is 1. The fourth-order valence-corrected chi connectivity index (χ4v) is 1.49. The second-order valence-electron chi connectivity index (χ2n) is 3.28. The Hall–Kier alpha value is -0.900. The number of hydrogen-bond acceptors (Lipinski definition) is 1. The molecule has 0 aliphatic carbocycles. The van der Waals surface area contributed by atoms with Gasteiger partial charge in [0.15, 0.2) is 0 Å². The molecule has 1 amide bonds. The molecule has 1 aromatic rings. The molecule has 0 aliphatic heterocycles. The molecule has 0 fully saturated rings. The monoisotopic (exact) mass is 273 g/mol. The third kappa shape index (κ3) is 3.63. The SMILES string of the molecule is CN(CCCBr)C(=O)c1cccc(F)c1. The zero-order valence-corrected chi connectivity index (χ0v) is 10.1. The number of carbonyl (C=O) groups excluding carboxylic acids is 1. The maximum absolute atomic E-state index is 12.9. The summed E-state index contributed by atoms with van der Waals surface area (Å²) < 4.78 is 12.9. The van der Waals surface area contributed by atoms with Gasteiger partial charge in [-0.3, -0.25) is 4.79 Å². The Morgan fingerprint density at radius 1 is 1.53 bits per heavy atom. The Morgan fingerprint density at radius 3 is 2.87 bits per heavy atom. The first kappa shape index (κ1) is 12.2. The molecule has 2 nitrogen and oxygen atoms in total. The maximum Gasteiger partial charge on any atom is 0.253 e. The van der Waals surface area contributed by atoms with Gasteiger partial charge >= 0.3 is 0 Å². The molecule has 0 aromatic heterocycles. The van der Waals surface area contributed by atoms with Crippen molar-refractivity contribution in [2.45, 2.75) is 6.42 Å². The van der Waals surface area contributed by atoms with Crippen molar-refractivity contribution >= 4 is 21.8 Å². The molecule has 0 atom stereocenters. The van der Waals surface area contributed by atoms with Gasteiger partial charge in [0.05, 0.1) is 0 Å². The van der Waals surface area contributed by atoms with Crippen LogP contribution in [0.15, 0.2) is 24.3 Å². The molecule has 0 heterocycles. The average molecular weight is 274 g/mol. The number of halogens is 2. The van der Waals surface area contributed by atoms with E-state index in [0.29, 0.717) is 12.1 Å². The van der Waals surface area contributed by atoms with Crippen LogP contribution in [0.2, 0.25) is 0 Å². The first-order valence-electron chi connectivity index (χ1n) is 4.72. The van der Waals surface area contributed by atoms with Gasteiger partial charge in [-0.05, 0) is 24.6 Å². The number of amides is 1. The summed E-state index contributed by atoms with van der Waals surface area (Å²) in [5.41, 5.74) is 0.395. The summed E-state index contributed by atoms with van der Waals surface area (Å²) in [6.07, 6.45) is 0.886. The Kier molecular flexibility index (Phi) is 4.75. The van der Waals surface area contributed by atoms with Crippen LogP contribution in [0.4, 0.5) is 4.39 Å². The molecule has 0 unspecified atom stereocenters. The van der Waals surface area contributed by atoms with Crippen LogP contribution in [0.3, 0.4) is 0 Å². The predicted molar refractivity (Wildman–Crippen MR) is 61.8 cm³/mol. The highest BCUT2D eigenvalue weighted by Gasteiger charge is 2.11. The molecule has 0 aliphatic rings. The zero-order valence-electron chi connectivity index (χ0n) is 8.54. The lowest BCUT2D eigenvalue weighted by Gasteiger charge is -2.16. The third-order valence-corrected chi connectivity index (χ3v) is 2.61. The molecular formula is C11H13BrFNO. The Balaban J connectivity index is 2.67. The highest BCUT2D eigenvalue weighted by atomic mass is 79.9. The van der Waals surface area contributed by atoms with Crippen molar-refractivity contribution < 1.29 is 9.18 Å². The van der Waals surface area contributed by atoms with Gasteiger partial charge in [0.2, 0.25) is 0 Å². The van der Waals surface area contributed by atoms with E-state index in [-0.39, 0.29) is 11.7 Å². The van der Waals surface area contributed by atoms with Crippen molar-refractivity contribution in [2.75, 3.05) is 18.9 Å². The first-order valence-corrected chi connectivity index (χ1v) is 5.84. The zero-order chi connectivity index (χ0) is 11.3.